The van der Waals surface area contributed by atoms with Gasteiger partial charge in [-0.15, -0.1) is 0 Å². The molecule has 0 spiro atoms. The second kappa shape index (κ2) is 5.69. The van der Waals surface area contributed by atoms with Crippen molar-refractivity contribution in [3.05, 3.63) is 29.3 Å². The minimum atomic E-state index is -0.564. The predicted molar refractivity (Wildman–Crippen MR) is 63.2 cm³/mol. The Labute approximate surface area is 98.8 Å². The summed E-state index contributed by atoms with van der Waals surface area (Å²) in [7, 11) is 2.92. The highest BCUT2D eigenvalue weighted by atomic mass is 16.5. The molecule has 0 saturated heterocycles. The smallest absolute Gasteiger partial charge is 0.241 e. The van der Waals surface area contributed by atoms with Crippen molar-refractivity contribution in [3.63, 3.8) is 0 Å². The van der Waals surface area contributed by atoms with Crippen LogP contribution in [0.15, 0.2) is 18.2 Å². The maximum Gasteiger partial charge on any atom is 0.241 e. The Bertz CT molecular complexity index is 466. The zero-order chi connectivity index (χ0) is 12.8. The fourth-order valence-corrected chi connectivity index (χ4v) is 1.34. The Morgan fingerprint density at radius 2 is 1.71 bits per heavy atom. The number of hydrogen-bond acceptors (Lipinski definition) is 4. The summed E-state index contributed by atoms with van der Waals surface area (Å²) in [6.07, 6.45) is 3.37. The number of methoxy groups -OCH3 is 2. The molecule has 1 aromatic carbocycles. The number of benzene rings is 1. The summed E-state index contributed by atoms with van der Waals surface area (Å²) in [6, 6.07) is 3.13. The molecule has 0 unspecified atom stereocenters. The van der Waals surface area contributed by atoms with Crippen molar-refractivity contribution in [3.8, 4) is 11.5 Å². The highest BCUT2D eigenvalue weighted by Crippen LogP contribution is 2.28. The summed E-state index contributed by atoms with van der Waals surface area (Å²) in [5.74, 6) is 0.306. The highest BCUT2D eigenvalue weighted by molar-refractivity contribution is 5.91. The van der Waals surface area contributed by atoms with E-state index in [1.165, 1.54) is 32.4 Å². The van der Waals surface area contributed by atoms with Crippen LogP contribution in [0.25, 0.3) is 6.08 Å². The van der Waals surface area contributed by atoms with Crippen LogP contribution in [0.2, 0.25) is 0 Å². The van der Waals surface area contributed by atoms with E-state index in [9.17, 15) is 9.59 Å². The SMILES string of the molecule is COc1cc(C=CC(N)=O)c(OC)cc1C=O. The topological polar surface area (TPSA) is 78.6 Å². The van der Waals surface area contributed by atoms with Gasteiger partial charge in [-0.3, -0.25) is 9.59 Å². The van der Waals surface area contributed by atoms with Gasteiger partial charge in [0.1, 0.15) is 11.5 Å². The number of ether oxygens (including phenoxy) is 2. The van der Waals surface area contributed by atoms with E-state index in [1.54, 1.807) is 6.07 Å². The monoisotopic (exact) mass is 235 g/mol. The molecular formula is C12H13NO4. The van der Waals surface area contributed by atoms with Crippen LogP contribution in [-0.2, 0) is 4.79 Å². The molecule has 0 aliphatic carbocycles. The predicted octanol–water partition coefficient (Wildman–Crippen LogP) is 1.01. The largest absolute Gasteiger partial charge is 0.496 e. The summed E-state index contributed by atoms with van der Waals surface area (Å²) in [6.45, 7) is 0. The van der Waals surface area contributed by atoms with Crippen LogP contribution in [0.4, 0.5) is 0 Å². The summed E-state index contributed by atoms with van der Waals surface area (Å²) >= 11 is 0. The molecule has 0 bridgehead atoms. The number of aldehydes is 1. The fourth-order valence-electron chi connectivity index (χ4n) is 1.34. The second-order valence-electron chi connectivity index (χ2n) is 3.19. The van der Waals surface area contributed by atoms with Gasteiger partial charge in [0.05, 0.1) is 19.8 Å². The molecule has 0 saturated carbocycles. The van der Waals surface area contributed by atoms with Crippen LogP contribution in [-0.4, -0.2) is 26.4 Å². The third kappa shape index (κ3) is 3.07. The normalized spacial score (nSPS) is 10.2. The van der Waals surface area contributed by atoms with E-state index in [2.05, 4.69) is 0 Å². The van der Waals surface area contributed by atoms with Gasteiger partial charge in [0.2, 0.25) is 5.91 Å². The van der Waals surface area contributed by atoms with Gasteiger partial charge in [-0.25, -0.2) is 0 Å². The first kappa shape index (κ1) is 12.8. The average molecular weight is 235 g/mol. The van der Waals surface area contributed by atoms with Crippen LogP contribution in [0, 0.1) is 0 Å². The van der Waals surface area contributed by atoms with Gasteiger partial charge in [0.25, 0.3) is 0 Å². The third-order valence-corrected chi connectivity index (χ3v) is 2.14. The zero-order valence-electron chi connectivity index (χ0n) is 9.60. The average Bonchev–Trinajstić information content (AvgIpc) is 2.34. The maximum atomic E-state index is 10.8. The number of hydrogen-bond donors (Lipinski definition) is 1. The second-order valence-corrected chi connectivity index (χ2v) is 3.19. The number of amides is 1. The van der Waals surface area contributed by atoms with Crippen LogP contribution in [0.5, 0.6) is 11.5 Å². The lowest BCUT2D eigenvalue weighted by Crippen LogP contribution is -2.05. The van der Waals surface area contributed by atoms with Crippen molar-refractivity contribution < 1.29 is 19.1 Å². The first-order valence-electron chi connectivity index (χ1n) is 4.81. The van der Waals surface area contributed by atoms with Gasteiger partial charge in [-0.1, -0.05) is 0 Å². The first-order valence-corrected chi connectivity index (χ1v) is 4.81. The Morgan fingerprint density at radius 1 is 1.18 bits per heavy atom. The lowest BCUT2D eigenvalue weighted by atomic mass is 10.1. The van der Waals surface area contributed by atoms with Gasteiger partial charge in [0.15, 0.2) is 6.29 Å². The Hall–Kier alpha value is -2.30. The Morgan fingerprint density at radius 3 is 2.18 bits per heavy atom. The molecule has 0 heterocycles. The minimum Gasteiger partial charge on any atom is -0.496 e. The number of nitrogens with two attached hydrogens (primary N) is 1. The number of carbonyl (C=O) groups is 2. The fraction of sp³-hybridized carbons (Fsp3) is 0.167. The number of primary amides is 1. The van der Waals surface area contributed by atoms with Gasteiger partial charge >= 0.3 is 0 Å². The molecule has 0 atom stereocenters. The summed E-state index contributed by atoms with van der Waals surface area (Å²) in [4.78, 5) is 21.5. The van der Waals surface area contributed by atoms with Crippen molar-refractivity contribution in [1.29, 1.82) is 0 Å². The molecule has 2 N–H and O–H groups in total. The molecule has 5 nitrogen and oxygen atoms in total. The van der Waals surface area contributed by atoms with E-state index in [0.29, 0.717) is 28.9 Å². The lowest BCUT2D eigenvalue weighted by molar-refractivity contribution is -0.113. The van der Waals surface area contributed by atoms with Gasteiger partial charge < -0.3 is 15.2 Å². The van der Waals surface area contributed by atoms with Gasteiger partial charge in [-0.05, 0) is 18.2 Å². The van der Waals surface area contributed by atoms with E-state index in [-0.39, 0.29) is 0 Å². The first-order chi connectivity index (χ1) is 8.12. The molecule has 1 aromatic rings. The van der Waals surface area contributed by atoms with E-state index >= 15 is 0 Å². The van der Waals surface area contributed by atoms with Crippen molar-refractivity contribution in [2.24, 2.45) is 5.73 Å². The lowest BCUT2D eigenvalue weighted by Gasteiger charge is -2.09. The molecule has 5 heteroatoms. The summed E-state index contributed by atoms with van der Waals surface area (Å²) < 4.78 is 10.1. The van der Waals surface area contributed by atoms with Crippen LogP contribution < -0.4 is 15.2 Å². The van der Waals surface area contributed by atoms with Crippen LogP contribution >= 0.6 is 0 Å². The van der Waals surface area contributed by atoms with E-state index in [4.69, 9.17) is 15.2 Å². The summed E-state index contributed by atoms with van der Waals surface area (Å²) in [5.41, 5.74) is 5.99. The number of rotatable bonds is 5. The van der Waals surface area contributed by atoms with Crippen molar-refractivity contribution in [2.45, 2.75) is 0 Å². The molecule has 0 aromatic heterocycles. The maximum absolute atomic E-state index is 10.8. The molecule has 1 amide bonds. The molecule has 0 aliphatic heterocycles. The molecule has 90 valence electrons. The number of carbonyl (C=O) groups excluding carboxylic acids is 2. The van der Waals surface area contributed by atoms with Crippen LogP contribution in [0.3, 0.4) is 0 Å². The quantitative estimate of drug-likeness (QED) is 0.610. The summed E-state index contributed by atoms with van der Waals surface area (Å²) in [5, 5.41) is 0. The Balaban J connectivity index is 3.28. The third-order valence-electron chi connectivity index (χ3n) is 2.14. The van der Waals surface area contributed by atoms with Gasteiger partial charge in [0, 0.05) is 11.6 Å². The minimum absolute atomic E-state index is 0.376. The van der Waals surface area contributed by atoms with E-state index in [1.807, 2.05) is 0 Å². The van der Waals surface area contributed by atoms with Crippen molar-refractivity contribution >= 4 is 18.3 Å². The molecule has 17 heavy (non-hydrogen) atoms. The Kier molecular flexibility index (Phi) is 4.28. The molecule has 0 fully saturated rings. The van der Waals surface area contributed by atoms with E-state index in [0.717, 1.165) is 0 Å². The molecular weight excluding hydrogens is 222 g/mol. The zero-order valence-corrected chi connectivity index (χ0v) is 9.60. The van der Waals surface area contributed by atoms with Crippen molar-refractivity contribution in [1.82, 2.24) is 0 Å². The van der Waals surface area contributed by atoms with Gasteiger partial charge in [-0.2, -0.15) is 0 Å². The van der Waals surface area contributed by atoms with Crippen LogP contribution in [0.1, 0.15) is 15.9 Å². The molecule has 0 radical (unpaired) electrons. The standard InChI is InChI=1S/C12H13NO4/c1-16-10-6-9(7-14)11(17-2)5-8(10)3-4-12(13)15/h3-7H,1-2H3,(H2,13,15). The molecule has 0 aliphatic rings. The highest BCUT2D eigenvalue weighted by Gasteiger charge is 2.08. The van der Waals surface area contributed by atoms with E-state index < -0.39 is 5.91 Å². The van der Waals surface area contributed by atoms with Crippen molar-refractivity contribution in [2.75, 3.05) is 14.2 Å². The molecule has 1 rings (SSSR count).